The number of rotatable bonds is 23. The Morgan fingerprint density at radius 2 is 0.806 bits per heavy atom. The number of carbonyl (C=O) groups is 4. The SMILES string of the molecule is C.C.C.CCC(C)(O)c1nn[nH]n1.CCC(C)(O)c1nnn(Cc2ccc3c(-c4ccc(F)cc4)cc(C#N)nc3c2)n1.CCC(C)(O)c1nnn(Cc2ccc3c(-c4ccc(F)cc4)cc(C(N)=O)nc3c2)n1.CCC(C)(O)c1nnnn1Cc1ccc2c(-c3ccc(F)cc3)cc(C(N)=O)nc2c1.CCC(C)=O.N#Cc1cc(-c2ccc(F)cc2)c2ccc(CBr)cc2n1.O=CO[O-].[2H]CF.[H-].[K+].[K+]. The minimum absolute atomic E-state index is 0. The van der Waals surface area contributed by atoms with E-state index in [1.807, 2.05) is 107 Å². The molecule has 8 heterocycles. The van der Waals surface area contributed by atoms with Crippen molar-refractivity contribution in [1.29, 1.82) is 10.5 Å². The van der Waals surface area contributed by atoms with Crippen LogP contribution in [-0.4, -0.2) is 153 Å². The number of nitrogens with zero attached hydrogens (tertiary/aromatic N) is 21. The van der Waals surface area contributed by atoms with Crippen LogP contribution in [0.4, 0.5) is 22.0 Å². The summed E-state index contributed by atoms with van der Waals surface area (Å²) in [6.45, 7) is 18.2. The number of halogens is 6. The molecule has 42 heteroatoms. The van der Waals surface area contributed by atoms with Gasteiger partial charge in [-0.25, -0.2) is 42.2 Å². The smallest absolute Gasteiger partial charge is 1.00 e. The van der Waals surface area contributed by atoms with Gasteiger partial charge in [0.2, 0.25) is 17.5 Å². The number of Topliss-reactive ketones (excluding diaryl/α,β-unsaturated/α-hetero) is 1. The first-order valence-corrected chi connectivity index (χ1v) is 42.3. The van der Waals surface area contributed by atoms with Gasteiger partial charge in [0.25, 0.3) is 18.3 Å². The Hall–Kier alpha value is -12.1. The number of aromatic nitrogens is 20. The molecule has 0 aliphatic rings. The molecule has 0 fully saturated rings. The standard InChI is InChI=1S/2C22H21FN6O2.C22H19FN6O.C17H10BrFN2.C5H10N4O.C4H8O.CH3F.CH2O3.3CH4.2K.H/c1-3-22(2,31)21-26-27-28-29(21)12-13-4-9-16-17(14-5-7-15(23)8-6-14)11-19(20(24)30)25-18(16)10-13;1-3-22(2,31)21-26-28-29(27-21)12-13-4-9-16-17(14-5-7-15(23)8-6-14)11-19(20(24)30)25-18(16)10-13;1-3-22(2,30)21-26-28-29(27-21)13-14-4-9-18-19(15-5-7-16(23)8-6-15)11-17(12-24)25-20(18)10-14;18-9-11-1-6-15-16(12-2-4-13(19)5-3-12)8-14(10-20)21-17(15)7-11;1-3-5(2,10)4-6-8-9-7-4;1-3-4(2)5;1-2;2-1-4-3;;;;;;/h2*4-11,31H,3,12H2,1-2H3,(H2,24,30);4-11,30H,3,13H2,1-2H3;1-8H,9H2;10H,3H2,1-2H3,(H,6,7,8,9);3H2,1-2H3;1H3;1,3H;3*1H4;;;/q;;;;;;;;;;;2*+1;-1/p-1/i;;;;;;1D;;;;;;;. The van der Waals surface area contributed by atoms with Crippen LogP contribution in [0.3, 0.4) is 0 Å². The molecule has 0 aliphatic carbocycles. The summed E-state index contributed by atoms with van der Waals surface area (Å²) in [4.78, 5) is 65.1. The van der Waals surface area contributed by atoms with Gasteiger partial charge in [0.05, 0.1) is 50.2 Å². The summed E-state index contributed by atoms with van der Waals surface area (Å²) >= 11 is 3.42. The molecule has 8 aromatic carbocycles. The number of primary amides is 2. The predicted octanol–water partition coefficient (Wildman–Crippen LogP) is 9.81. The number of pyridine rings is 4. The fraction of sp³-hybridized carbons (Fsp3) is 0.278. The second-order valence-corrected chi connectivity index (χ2v) is 31.2. The number of tetrazole rings is 4. The van der Waals surface area contributed by atoms with E-state index in [9.17, 15) is 62.0 Å². The van der Waals surface area contributed by atoms with Gasteiger partial charge >= 0.3 is 103 Å². The summed E-state index contributed by atoms with van der Waals surface area (Å²) in [7, 11) is -1.00. The van der Waals surface area contributed by atoms with Gasteiger partial charge in [-0.15, -0.1) is 35.7 Å². The maximum Gasteiger partial charge on any atom is 1.00 e. The van der Waals surface area contributed by atoms with E-state index < -0.39 is 41.4 Å². The van der Waals surface area contributed by atoms with Crippen molar-refractivity contribution in [1.82, 2.24) is 101 Å². The zero-order valence-corrected chi connectivity index (χ0v) is 84.0. The molecule has 0 saturated carbocycles. The van der Waals surface area contributed by atoms with E-state index in [1.165, 1.54) is 62.8 Å². The second kappa shape index (κ2) is 55.7. The first kappa shape index (κ1) is 117. The molecule has 34 nitrogen and oxygen atoms in total. The van der Waals surface area contributed by atoms with Crippen molar-refractivity contribution in [3.05, 3.63) is 286 Å². The normalized spacial score (nSPS) is 12.1. The number of benzene rings is 8. The van der Waals surface area contributed by atoms with Crippen LogP contribution in [0.25, 0.3) is 88.1 Å². The van der Waals surface area contributed by atoms with Crippen LogP contribution in [0.2, 0.25) is 0 Å². The van der Waals surface area contributed by atoms with Gasteiger partial charge in [0.15, 0.2) is 5.82 Å². The predicted molar refractivity (Wildman–Crippen MR) is 508 cm³/mol. The zero-order valence-electron chi connectivity index (χ0n) is 78.2. The van der Waals surface area contributed by atoms with Crippen LogP contribution in [-0.2, 0) is 61.8 Å². The van der Waals surface area contributed by atoms with Gasteiger partial charge in [-0.3, -0.25) is 18.8 Å². The average molecular weight is 2020 g/mol. The minimum Gasteiger partial charge on any atom is -1.00 e. The molecule has 16 rings (SSSR count). The van der Waals surface area contributed by atoms with Crippen molar-refractivity contribution in [3.8, 4) is 56.6 Å². The number of hydrogen-bond donors (Lipinski definition) is 7. The second-order valence-electron chi connectivity index (χ2n) is 30.7. The van der Waals surface area contributed by atoms with Gasteiger partial charge in [0, 0.05) is 33.3 Å². The van der Waals surface area contributed by atoms with E-state index in [2.05, 4.69) is 120 Å². The number of carbonyl (C=O) groups excluding carboxylic acids is 4. The number of aliphatic hydroxyl groups is 4. The molecule has 0 spiro atoms. The summed E-state index contributed by atoms with van der Waals surface area (Å²) in [5, 5.41) is 121. The van der Waals surface area contributed by atoms with Gasteiger partial charge < -0.3 is 48.3 Å². The molecule has 0 radical (unpaired) electrons. The molecule has 139 heavy (non-hydrogen) atoms. The Kier molecular flexibility index (Phi) is 47.0. The quantitative estimate of drug-likeness (QED) is 0.00781. The van der Waals surface area contributed by atoms with Crippen molar-refractivity contribution in [3.63, 3.8) is 0 Å². The summed E-state index contributed by atoms with van der Waals surface area (Å²) < 4.78 is 70.2. The first-order valence-electron chi connectivity index (χ1n) is 41.9. The fourth-order valence-corrected chi connectivity index (χ4v) is 12.9. The number of nitriles is 2. The van der Waals surface area contributed by atoms with Crippen LogP contribution in [0.15, 0.2) is 194 Å². The number of H-pyrrole nitrogens is 1. The Morgan fingerprint density at radius 3 is 1.10 bits per heavy atom. The maximum absolute atomic E-state index is 13.4. The van der Waals surface area contributed by atoms with Crippen LogP contribution >= 0.6 is 15.9 Å². The van der Waals surface area contributed by atoms with Crippen LogP contribution in [0.5, 0.6) is 0 Å². The molecule has 4 atom stereocenters. The van der Waals surface area contributed by atoms with E-state index in [1.54, 1.807) is 107 Å². The molecule has 4 unspecified atom stereocenters. The Labute approximate surface area is 895 Å². The molecular weight excluding hydrogens is 1910 g/mol. The Bertz CT molecular complexity index is 6870. The van der Waals surface area contributed by atoms with Crippen molar-refractivity contribution in [2.45, 2.75) is 171 Å². The fourth-order valence-electron chi connectivity index (χ4n) is 12.6. The molecule has 0 bridgehead atoms. The number of aromatic amines is 1. The van der Waals surface area contributed by atoms with Crippen LogP contribution in [0.1, 0.15) is 204 Å². The summed E-state index contributed by atoms with van der Waals surface area (Å²) in [5.41, 5.74) is 19.9. The minimum atomic E-state index is -1.16. The van der Waals surface area contributed by atoms with Gasteiger partial charge in [-0.05, 0) is 245 Å². The van der Waals surface area contributed by atoms with E-state index in [0.717, 1.165) is 99.2 Å². The average Bonchev–Trinajstić information content (AvgIpc) is 1.49. The third kappa shape index (κ3) is 32.5. The molecule has 8 aromatic heterocycles. The van der Waals surface area contributed by atoms with Crippen LogP contribution in [0, 0.1) is 45.9 Å². The number of alkyl halides is 2. The maximum atomic E-state index is 13.4. The number of hydrogen-bond acceptors (Lipinski definition) is 28. The summed E-state index contributed by atoms with van der Waals surface area (Å²) in [5.74, 6) is -1.11. The zero-order chi connectivity index (χ0) is 98.5. The van der Waals surface area contributed by atoms with E-state index in [-0.39, 0.29) is 191 Å². The van der Waals surface area contributed by atoms with E-state index in [0.29, 0.717) is 85.6 Å². The van der Waals surface area contributed by atoms with Crippen molar-refractivity contribution >= 4 is 83.6 Å². The summed E-state index contributed by atoms with van der Waals surface area (Å²) in [6.07, 6.45) is 2.63. The summed E-state index contributed by atoms with van der Waals surface area (Å²) in [6, 6.07) is 58.1. The van der Waals surface area contributed by atoms with Gasteiger partial charge in [0.1, 0.15) is 86.4 Å². The topological polar surface area (TPSA) is 518 Å². The van der Waals surface area contributed by atoms with E-state index in [4.69, 9.17) is 28.2 Å². The van der Waals surface area contributed by atoms with Gasteiger partial charge in [-0.1, -0.05) is 175 Å². The number of nitrogens with two attached hydrogens (primary N) is 2. The Balaban J connectivity index is 0.000000447. The van der Waals surface area contributed by atoms with Crippen molar-refractivity contribution in [2.24, 2.45) is 11.5 Å². The number of fused-ring (bicyclic) bond motifs is 4. The largest absolute Gasteiger partial charge is 1.00 e. The molecule has 0 saturated heterocycles. The van der Waals surface area contributed by atoms with E-state index >= 15 is 0 Å². The van der Waals surface area contributed by atoms with Crippen molar-refractivity contribution < 1.29 is 177 Å². The molecule has 16 aromatic rings. The molecule has 718 valence electrons. The third-order valence-corrected chi connectivity index (χ3v) is 21.6. The van der Waals surface area contributed by atoms with Crippen molar-refractivity contribution in [2.75, 3.05) is 7.15 Å². The van der Waals surface area contributed by atoms with Crippen LogP contribution < -0.4 is 119 Å². The molecule has 9 N–H and O–H groups in total. The van der Waals surface area contributed by atoms with Gasteiger partial charge in [-0.2, -0.15) is 25.3 Å². The molecule has 2 amide bonds. The first-order chi connectivity index (χ1) is 64.4. The Morgan fingerprint density at radius 1 is 0.496 bits per heavy atom. The monoisotopic (exact) mass is 2020 g/mol. The number of amides is 2. The number of nitrogens with one attached hydrogen (secondary N) is 1. The number of ketones is 1. The molecular formula is C97H106BrF5K2N24O10. The third-order valence-electron chi connectivity index (χ3n) is 21.0. The molecule has 0 aliphatic heterocycles.